The quantitative estimate of drug-likeness (QED) is 0.893. The first-order valence-electron chi connectivity index (χ1n) is 4.57. The lowest BCUT2D eigenvalue weighted by atomic mass is 10.2. The van der Waals surface area contributed by atoms with E-state index in [-0.39, 0.29) is 4.31 Å². The van der Waals surface area contributed by atoms with E-state index in [1.54, 1.807) is 18.2 Å². The van der Waals surface area contributed by atoms with E-state index in [9.17, 15) is 21.6 Å². The number of hydrogen-bond donors (Lipinski definition) is 1. The summed E-state index contributed by atoms with van der Waals surface area (Å²) >= 11 is 0. The van der Waals surface area contributed by atoms with Gasteiger partial charge < -0.3 is 0 Å². The van der Waals surface area contributed by atoms with Gasteiger partial charge in [-0.2, -0.15) is 25.9 Å². The maximum atomic E-state index is 12.2. The molecule has 0 atom stereocenters. The zero-order valence-corrected chi connectivity index (χ0v) is 9.50. The second-order valence-electron chi connectivity index (χ2n) is 3.41. The van der Waals surface area contributed by atoms with Gasteiger partial charge in [-0.1, -0.05) is 30.3 Å². The largest absolute Gasteiger partial charge is 0.402 e. The number of benzene rings is 1. The topological polar surface area (TPSA) is 63.4 Å². The molecule has 96 valence electrons. The predicted octanol–water partition coefficient (Wildman–Crippen LogP) is 1.25. The average molecular weight is 268 g/mol. The molecule has 17 heavy (non-hydrogen) atoms. The van der Waals surface area contributed by atoms with Crippen LogP contribution in [0.15, 0.2) is 30.3 Å². The summed E-state index contributed by atoms with van der Waals surface area (Å²) in [5.74, 6) is 0. The van der Waals surface area contributed by atoms with Crippen molar-refractivity contribution in [3.63, 3.8) is 0 Å². The highest BCUT2D eigenvalue weighted by atomic mass is 32.2. The summed E-state index contributed by atoms with van der Waals surface area (Å²) in [5, 5.41) is 4.73. The van der Waals surface area contributed by atoms with Crippen LogP contribution >= 0.6 is 0 Å². The van der Waals surface area contributed by atoms with Gasteiger partial charge in [0.15, 0.2) is 0 Å². The van der Waals surface area contributed by atoms with Crippen LogP contribution in [0.1, 0.15) is 5.56 Å². The summed E-state index contributed by atoms with van der Waals surface area (Å²) in [4.78, 5) is 0. The number of halogens is 3. The first-order valence-corrected chi connectivity index (χ1v) is 6.07. The highest BCUT2D eigenvalue weighted by Gasteiger charge is 2.34. The minimum absolute atomic E-state index is 0.183. The zero-order chi connectivity index (χ0) is 13.1. The molecule has 1 aromatic rings. The van der Waals surface area contributed by atoms with Gasteiger partial charge in [0.25, 0.3) is 10.2 Å². The molecule has 0 saturated carbocycles. The number of rotatable bonds is 4. The Morgan fingerprint density at radius 3 is 2.12 bits per heavy atom. The number of nitrogens with two attached hydrogens (primary N) is 1. The number of hydrogen-bond acceptors (Lipinski definition) is 2. The molecular weight excluding hydrogens is 257 g/mol. The lowest BCUT2D eigenvalue weighted by Crippen LogP contribution is -2.42. The first kappa shape index (κ1) is 13.9. The maximum Gasteiger partial charge on any atom is 0.402 e. The summed E-state index contributed by atoms with van der Waals surface area (Å²) in [7, 11) is -4.38. The molecule has 8 heteroatoms. The van der Waals surface area contributed by atoms with E-state index in [1.165, 1.54) is 12.1 Å². The normalized spacial score (nSPS) is 13.0. The summed E-state index contributed by atoms with van der Waals surface area (Å²) in [6.45, 7) is -2.00. The van der Waals surface area contributed by atoms with Gasteiger partial charge in [0.2, 0.25) is 0 Å². The van der Waals surface area contributed by atoms with E-state index in [1.807, 2.05) is 0 Å². The fraction of sp³-hybridized carbons (Fsp3) is 0.333. The van der Waals surface area contributed by atoms with Gasteiger partial charge in [0.05, 0.1) is 0 Å². The molecule has 1 rings (SSSR count). The number of nitrogens with zero attached hydrogens (tertiary/aromatic N) is 1. The fourth-order valence-electron chi connectivity index (χ4n) is 1.22. The number of alkyl halides is 3. The molecule has 2 N–H and O–H groups in total. The molecule has 0 bridgehead atoms. The molecule has 0 amide bonds. The van der Waals surface area contributed by atoms with Crippen LogP contribution in [-0.2, 0) is 16.8 Å². The third-order valence-corrected chi connectivity index (χ3v) is 2.90. The van der Waals surface area contributed by atoms with Crippen molar-refractivity contribution in [3.05, 3.63) is 35.9 Å². The van der Waals surface area contributed by atoms with Crippen molar-refractivity contribution in [2.24, 2.45) is 5.14 Å². The van der Waals surface area contributed by atoms with Crippen molar-refractivity contribution in [3.8, 4) is 0 Å². The average Bonchev–Trinajstić information content (AvgIpc) is 2.15. The Labute approximate surface area is 97.0 Å². The summed E-state index contributed by atoms with van der Waals surface area (Å²) in [5.41, 5.74) is 0.436. The van der Waals surface area contributed by atoms with Crippen molar-refractivity contribution in [2.75, 3.05) is 6.54 Å². The van der Waals surface area contributed by atoms with Crippen LogP contribution in [0.3, 0.4) is 0 Å². The monoisotopic (exact) mass is 268 g/mol. The van der Waals surface area contributed by atoms with Gasteiger partial charge >= 0.3 is 6.18 Å². The minimum atomic E-state index is -4.62. The SMILES string of the molecule is NS(=O)(=O)N(Cc1ccccc1)CC(F)(F)F. The van der Waals surface area contributed by atoms with E-state index in [0.717, 1.165) is 0 Å². The van der Waals surface area contributed by atoms with Crippen molar-refractivity contribution >= 4 is 10.2 Å². The van der Waals surface area contributed by atoms with Gasteiger partial charge in [-0.25, -0.2) is 5.14 Å². The molecular formula is C9H11F3N2O2S. The second-order valence-corrected chi connectivity index (χ2v) is 4.96. The van der Waals surface area contributed by atoms with Crippen molar-refractivity contribution in [2.45, 2.75) is 12.7 Å². The smallest absolute Gasteiger partial charge is 0.216 e. The van der Waals surface area contributed by atoms with E-state index in [2.05, 4.69) is 0 Å². The van der Waals surface area contributed by atoms with Crippen LogP contribution in [0.2, 0.25) is 0 Å². The lowest BCUT2D eigenvalue weighted by molar-refractivity contribution is -0.136. The molecule has 0 aliphatic heterocycles. The Morgan fingerprint density at radius 2 is 1.71 bits per heavy atom. The van der Waals surface area contributed by atoms with E-state index in [4.69, 9.17) is 5.14 Å². The van der Waals surface area contributed by atoms with Crippen molar-refractivity contribution < 1.29 is 21.6 Å². The van der Waals surface area contributed by atoms with Crippen LogP contribution in [0.4, 0.5) is 13.2 Å². The summed E-state index contributed by atoms with van der Waals surface area (Å²) in [6, 6.07) is 7.92. The van der Waals surface area contributed by atoms with Gasteiger partial charge in [-0.05, 0) is 5.56 Å². The Kier molecular flexibility index (Phi) is 4.12. The third-order valence-electron chi connectivity index (χ3n) is 1.92. The maximum absolute atomic E-state index is 12.2. The van der Waals surface area contributed by atoms with Crippen LogP contribution in [0.25, 0.3) is 0 Å². The molecule has 4 nitrogen and oxygen atoms in total. The summed E-state index contributed by atoms with van der Waals surface area (Å²) in [6.07, 6.45) is -4.62. The molecule has 0 aliphatic carbocycles. The van der Waals surface area contributed by atoms with Crippen LogP contribution in [0.5, 0.6) is 0 Å². The predicted molar refractivity (Wildman–Crippen MR) is 56.0 cm³/mol. The van der Waals surface area contributed by atoms with Crippen molar-refractivity contribution in [1.29, 1.82) is 0 Å². The standard InChI is InChI=1S/C9H11F3N2O2S/c10-9(11,12)7-14(17(13,15)16)6-8-4-2-1-3-5-8/h1-5H,6-7H2,(H2,13,15,16). The molecule has 0 saturated heterocycles. The van der Waals surface area contributed by atoms with Gasteiger partial charge in [0, 0.05) is 6.54 Å². The second kappa shape index (κ2) is 5.03. The molecule has 1 aromatic carbocycles. The molecule has 0 aliphatic rings. The molecule has 0 spiro atoms. The minimum Gasteiger partial charge on any atom is -0.216 e. The van der Waals surface area contributed by atoms with E-state index in [0.29, 0.717) is 5.56 Å². The van der Waals surface area contributed by atoms with Gasteiger partial charge in [-0.3, -0.25) is 0 Å². The lowest BCUT2D eigenvalue weighted by Gasteiger charge is -2.20. The highest BCUT2D eigenvalue weighted by molar-refractivity contribution is 7.86. The Morgan fingerprint density at radius 1 is 1.18 bits per heavy atom. The molecule has 0 fully saturated rings. The molecule has 0 unspecified atom stereocenters. The van der Waals surface area contributed by atoms with Crippen LogP contribution < -0.4 is 5.14 Å². The highest BCUT2D eigenvalue weighted by Crippen LogP contribution is 2.19. The summed E-state index contributed by atoms with van der Waals surface area (Å²) < 4.78 is 58.7. The molecule has 0 radical (unpaired) electrons. The van der Waals surface area contributed by atoms with E-state index >= 15 is 0 Å². The zero-order valence-electron chi connectivity index (χ0n) is 8.68. The fourth-order valence-corrected chi connectivity index (χ4v) is 1.88. The molecule has 0 aromatic heterocycles. The third kappa shape index (κ3) is 5.16. The molecule has 0 heterocycles. The van der Waals surface area contributed by atoms with Crippen LogP contribution in [-0.4, -0.2) is 25.4 Å². The van der Waals surface area contributed by atoms with E-state index < -0.39 is 29.5 Å². The van der Waals surface area contributed by atoms with Gasteiger partial charge in [-0.15, -0.1) is 0 Å². The van der Waals surface area contributed by atoms with Crippen molar-refractivity contribution in [1.82, 2.24) is 4.31 Å². The Bertz CT molecular complexity index is 459. The van der Waals surface area contributed by atoms with Crippen LogP contribution in [0, 0.1) is 0 Å². The first-order chi connectivity index (χ1) is 7.68. The van der Waals surface area contributed by atoms with Gasteiger partial charge in [0.1, 0.15) is 6.54 Å². The Balaban J connectivity index is 2.87. The Hall–Kier alpha value is -1.12.